The van der Waals surface area contributed by atoms with Crippen LogP contribution in [0, 0.1) is 6.92 Å². The summed E-state index contributed by atoms with van der Waals surface area (Å²) in [6.07, 6.45) is -0.459. The van der Waals surface area contributed by atoms with Crippen LogP contribution >= 0.6 is 0 Å². The van der Waals surface area contributed by atoms with Gasteiger partial charge in [0.25, 0.3) is 0 Å². The SMILES string of the molecule is Cc1ccc(O)cc1CNC(=O)OCC1c2ccccc2-c2ccccc21. The number of carbonyl (C=O) groups excluding carboxylic acids is 1. The number of hydrogen-bond donors (Lipinski definition) is 2. The van der Waals surface area contributed by atoms with Crippen LogP contribution in [0.1, 0.15) is 28.2 Å². The van der Waals surface area contributed by atoms with Crippen LogP contribution in [0.15, 0.2) is 66.7 Å². The van der Waals surface area contributed by atoms with Crippen molar-refractivity contribution in [3.8, 4) is 16.9 Å². The Labute approximate surface area is 158 Å². The number of rotatable bonds is 4. The second kappa shape index (κ2) is 7.16. The van der Waals surface area contributed by atoms with Crippen molar-refractivity contribution in [2.75, 3.05) is 6.61 Å². The van der Waals surface area contributed by atoms with Crippen LogP contribution in [0.5, 0.6) is 5.75 Å². The van der Waals surface area contributed by atoms with E-state index in [2.05, 4.69) is 29.6 Å². The number of nitrogens with one attached hydrogen (secondary N) is 1. The number of phenols is 1. The van der Waals surface area contributed by atoms with Gasteiger partial charge in [-0.1, -0.05) is 54.6 Å². The van der Waals surface area contributed by atoms with Crippen LogP contribution in [0.4, 0.5) is 4.79 Å². The molecule has 0 unspecified atom stereocenters. The van der Waals surface area contributed by atoms with E-state index < -0.39 is 6.09 Å². The van der Waals surface area contributed by atoms with Crippen LogP contribution in [-0.2, 0) is 11.3 Å². The van der Waals surface area contributed by atoms with E-state index in [-0.39, 0.29) is 11.7 Å². The Bertz CT molecular complexity index is 951. The molecule has 4 heteroatoms. The second-order valence-corrected chi connectivity index (χ2v) is 6.79. The lowest BCUT2D eigenvalue weighted by atomic mass is 9.98. The molecule has 0 saturated heterocycles. The quantitative estimate of drug-likeness (QED) is 0.707. The van der Waals surface area contributed by atoms with Crippen LogP contribution in [0.2, 0.25) is 0 Å². The summed E-state index contributed by atoms with van der Waals surface area (Å²) in [5, 5.41) is 12.4. The molecule has 0 atom stereocenters. The first-order valence-electron chi connectivity index (χ1n) is 9.01. The fraction of sp³-hybridized carbons (Fsp3) is 0.174. The van der Waals surface area contributed by atoms with Crippen molar-refractivity contribution in [1.82, 2.24) is 5.32 Å². The van der Waals surface area contributed by atoms with E-state index in [4.69, 9.17) is 4.74 Å². The molecule has 0 bridgehead atoms. The first kappa shape index (κ1) is 17.2. The predicted octanol–water partition coefficient (Wildman–Crippen LogP) is 4.74. The van der Waals surface area contributed by atoms with Gasteiger partial charge in [-0.2, -0.15) is 0 Å². The maximum Gasteiger partial charge on any atom is 0.407 e. The summed E-state index contributed by atoms with van der Waals surface area (Å²) in [4.78, 5) is 12.2. The molecule has 4 rings (SSSR count). The van der Waals surface area contributed by atoms with Gasteiger partial charge < -0.3 is 15.2 Å². The lowest BCUT2D eigenvalue weighted by molar-refractivity contribution is 0.142. The highest BCUT2D eigenvalue weighted by Crippen LogP contribution is 2.44. The summed E-state index contributed by atoms with van der Waals surface area (Å²) in [7, 11) is 0. The first-order chi connectivity index (χ1) is 13.1. The minimum absolute atomic E-state index is 0.0469. The molecule has 2 N–H and O–H groups in total. The Balaban J connectivity index is 1.43. The monoisotopic (exact) mass is 359 g/mol. The van der Waals surface area contributed by atoms with Gasteiger partial charge >= 0.3 is 6.09 Å². The molecule has 0 spiro atoms. The summed E-state index contributed by atoms with van der Waals surface area (Å²) in [5.41, 5.74) is 6.66. The highest BCUT2D eigenvalue weighted by molar-refractivity contribution is 5.79. The van der Waals surface area contributed by atoms with Gasteiger partial charge in [0.15, 0.2) is 0 Å². The smallest absolute Gasteiger partial charge is 0.407 e. The van der Waals surface area contributed by atoms with Crippen molar-refractivity contribution < 1.29 is 14.6 Å². The Morgan fingerprint density at radius 1 is 1.00 bits per heavy atom. The van der Waals surface area contributed by atoms with E-state index in [1.54, 1.807) is 12.1 Å². The van der Waals surface area contributed by atoms with Gasteiger partial charge in [0, 0.05) is 12.5 Å². The van der Waals surface area contributed by atoms with E-state index in [9.17, 15) is 9.90 Å². The number of aromatic hydroxyl groups is 1. The number of hydrogen-bond acceptors (Lipinski definition) is 3. The molecule has 1 aliphatic rings. The van der Waals surface area contributed by atoms with Gasteiger partial charge in [-0.3, -0.25) is 0 Å². The van der Waals surface area contributed by atoms with Crippen LogP contribution in [-0.4, -0.2) is 17.8 Å². The number of amides is 1. The minimum Gasteiger partial charge on any atom is -0.508 e. The summed E-state index contributed by atoms with van der Waals surface area (Å²) in [6.45, 7) is 2.55. The van der Waals surface area contributed by atoms with Crippen molar-refractivity contribution in [1.29, 1.82) is 0 Å². The van der Waals surface area contributed by atoms with E-state index in [1.165, 1.54) is 22.3 Å². The van der Waals surface area contributed by atoms with Gasteiger partial charge in [-0.25, -0.2) is 4.79 Å². The molecule has 0 heterocycles. The molecule has 3 aromatic rings. The van der Waals surface area contributed by atoms with Gasteiger partial charge in [-0.15, -0.1) is 0 Å². The Morgan fingerprint density at radius 3 is 2.30 bits per heavy atom. The fourth-order valence-corrected chi connectivity index (χ4v) is 3.67. The Morgan fingerprint density at radius 2 is 1.63 bits per heavy atom. The number of alkyl carbamates (subject to hydrolysis) is 1. The standard InChI is InChI=1S/C23H21NO3/c1-15-10-11-17(25)12-16(15)13-24-23(26)27-14-22-20-8-4-2-6-18(20)19-7-3-5-9-21(19)22/h2-12,22,25H,13-14H2,1H3,(H,24,26). The highest BCUT2D eigenvalue weighted by atomic mass is 16.5. The number of aryl methyl sites for hydroxylation is 1. The molecule has 0 radical (unpaired) electrons. The van der Waals surface area contributed by atoms with Gasteiger partial charge in [0.05, 0.1) is 0 Å². The first-order valence-corrected chi connectivity index (χ1v) is 9.01. The molecule has 0 aliphatic heterocycles. The minimum atomic E-state index is -0.459. The van der Waals surface area contributed by atoms with Crippen molar-refractivity contribution in [3.63, 3.8) is 0 Å². The molecular formula is C23H21NO3. The largest absolute Gasteiger partial charge is 0.508 e. The molecular weight excluding hydrogens is 338 g/mol. The molecule has 27 heavy (non-hydrogen) atoms. The molecule has 1 amide bonds. The van der Waals surface area contributed by atoms with Crippen molar-refractivity contribution >= 4 is 6.09 Å². The van der Waals surface area contributed by atoms with Crippen molar-refractivity contribution in [2.45, 2.75) is 19.4 Å². The molecule has 0 saturated carbocycles. The second-order valence-electron chi connectivity index (χ2n) is 6.79. The topological polar surface area (TPSA) is 58.6 Å². The summed E-state index contributed by atoms with van der Waals surface area (Å²) in [5.74, 6) is 0.232. The number of ether oxygens (including phenoxy) is 1. The number of phenolic OH excluding ortho intramolecular Hbond substituents is 1. The van der Waals surface area contributed by atoms with Crippen LogP contribution < -0.4 is 5.32 Å². The van der Waals surface area contributed by atoms with Gasteiger partial charge in [0.2, 0.25) is 0 Å². The molecule has 0 aromatic heterocycles. The lowest BCUT2D eigenvalue weighted by Gasteiger charge is -2.15. The average Bonchev–Trinajstić information content (AvgIpc) is 3.01. The maximum atomic E-state index is 12.2. The molecule has 3 aromatic carbocycles. The van der Waals surface area contributed by atoms with E-state index in [0.29, 0.717) is 13.2 Å². The molecule has 136 valence electrons. The molecule has 1 aliphatic carbocycles. The van der Waals surface area contributed by atoms with Crippen molar-refractivity contribution in [2.24, 2.45) is 0 Å². The third-order valence-electron chi connectivity index (χ3n) is 5.10. The zero-order chi connectivity index (χ0) is 18.8. The van der Waals surface area contributed by atoms with Crippen molar-refractivity contribution in [3.05, 3.63) is 89.0 Å². The number of benzene rings is 3. The summed E-state index contributed by atoms with van der Waals surface area (Å²) < 4.78 is 5.52. The maximum absolute atomic E-state index is 12.2. The van der Waals surface area contributed by atoms with E-state index in [1.807, 2.05) is 37.3 Å². The normalized spacial score (nSPS) is 12.3. The summed E-state index contributed by atoms with van der Waals surface area (Å²) >= 11 is 0. The third-order valence-corrected chi connectivity index (χ3v) is 5.10. The highest BCUT2D eigenvalue weighted by Gasteiger charge is 2.28. The Kier molecular flexibility index (Phi) is 4.55. The average molecular weight is 359 g/mol. The number of carbonyl (C=O) groups is 1. The van der Waals surface area contributed by atoms with Crippen LogP contribution in [0.3, 0.4) is 0 Å². The Hall–Kier alpha value is -3.27. The molecule has 4 nitrogen and oxygen atoms in total. The summed E-state index contributed by atoms with van der Waals surface area (Å²) in [6, 6.07) is 21.6. The van der Waals surface area contributed by atoms with Gasteiger partial charge in [0.1, 0.15) is 12.4 Å². The van der Waals surface area contributed by atoms with E-state index >= 15 is 0 Å². The van der Waals surface area contributed by atoms with Crippen LogP contribution in [0.25, 0.3) is 11.1 Å². The molecule has 0 fully saturated rings. The fourth-order valence-electron chi connectivity index (χ4n) is 3.67. The zero-order valence-corrected chi connectivity index (χ0v) is 15.1. The predicted molar refractivity (Wildman–Crippen MR) is 105 cm³/mol. The zero-order valence-electron chi connectivity index (χ0n) is 15.1. The third kappa shape index (κ3) is 3.38. The van der Waals surface area contributed by atoms with E-state index in [0.717, 1.165) is 11.1 Å². The lowest BCUT2D eigenvalue weighted by Crippen LogP contribution is -2.26. The number of fused-ring (bicyclic) bond motifs is 3. The van der Waals surface area contributed by atoms with Gasteiger partial charge in [-0.05, 0) is 52.4 Å².